The summed E-state index contributed by atoms with van der Waals surface area (Å²) in [5.41, 5.74) is 3.35. The Kier molecular flexibility index (Phi) is 3.79. The Morgan fingerprint density at radius 2 is 2.04 bits per heavy atom. The van der Waals surface area contributed by atoms with Gasteiger partial charge in [-0.25, -0.2) is 9.97 Å². The molecule has 1 atom stereocenters. The monoisotopic (exact) mass is 307 g/mol. The smallest absolute Gasteiger partial charge is 0.159 e. The van der Waals surface area contributed by atoms with E-state index < -0.39 is 0 Å². The Morgan fingerprint density at radius 3 is 2.87 bits per heavy atom. The van der Waals surface area contributed by atoms with Crippen LogP contribution in [0.15, 0.2) is 42.9 Å². The first-order chi connectivity index (χ1) is 11.3. The van der Waals surface area contributed by atoms with Crippen molar-refractivity contribution in [3.63, 3.8) is 0 Å². The van der Waals surface area contributed by atoms with E-state index in [1.54, 1.807) is 0 Å². The fraction of sp³-hybridized carbons (Fsp3) is 0.389. The fourth-order valence-electron chi connectivity index (χ4n) is 3.53. The van der Waals surface area contributed by atoms with Crippen LogP contribution in [0.3, 0.4) is 0 Å². The van der Waals surface area contributed by atoms with Crippen molar-refractivity contribution >= 4 is 11.2 Å². The van der Waals surface area contributed by atoms with Crippen molar-refractivity contribution < 1.29 is 0 Å². The minimum absolute atomic E-state index is 0.492. The van der Waals surface area contributed by atoms with Crippen molar-refractivity contribution in [3.05, 3.63) is 54.2 Å². The normalized spacial score (nSPS) is 18.7. The predicted octanol–water partition coefficient (Wildman–Crippen LogP) is 2.84. The van der Waals surface area contributed by atoms with Gasteiger partial charge in [0.05, 0.1) is 0 Å². The predicted molar refractivity (Wildman–Crippen MR) is 90.1 cm³/mol. The van der Waals surface area contributed by atoms with Gasteiger partial charge in [-0.05, 0) is 49.7 Å². The quantitative estimate of drug-likeness (QED) is 0.743. The molecule has 3 aromatic heterocycles. The van der Waals surface area contributed by atoms with Crippen LogP contribution in [0.25, 0.3) is 11.2 Å². The van der Waals surface area contributed by atoms with Gasteiger partial charge in [0.2, 0.25) is 0 Å². The molecule has 3 aromatic rings. The zero-order valence-corrected chi connectivity index (χ0v) is 13.4. The molecule has 0 amide bonds. The highest BCUT2D eigenvalue weighted by molar-refractivity contribution is 5.71. The van der Waals surface area contributed by atoms with Crippen LogP contribution in [-0.2, 0) is 13.1 Å². The number of rotatable bonds is 4. The maximum atomic E-state index is 4.87. The minimum atomic E-state index is 0.492. The van der Waals surface area contributed by atoms with Crippen molar-refractivity contribution in [2.75, 3.05) is 13.1 Å². The van der Waals surface area contributed by atoms with Gasteiger partial charge in [-0.1, -0.05) is 0 Å². The van der Waals surface area contributed by atoms with E-state index in [0.717, 1.165) is 43.8 Å². The number of aryl methyl sites for hydroxylation is 1. The first-order valence-corrected chi connectivity index (χ1v) is 8.27. The molecule has 0 saturated carbocycles. The second-order valence-corrected chi connectivity index (χ2v) is 6.14. The number of imidazole rings is 1. The van der Waals surface area contributed by atoms with Gasteiger partial charge in [0.15, 0.2) is 5.65 Å². The van der Waals surface area contributed by atoms with E-state index in [4.69, 9.17) is 4.98 Å². The lowest BCUT2D eigenvalue weighted by molar-refractivity contribution is 0.325. The summed E-state index contributed by atoms with van der Waals surface area (Å²) in [4.78, 5) is 16.0. The Labute approximate surface area is 136 Å². The summed E-state index contributed by atoms with van der Waals surface area (Å²) in [5, 5.41) is 0. The van der Waals surface area contributed by atoms with Gasteiger partial charge >= 0.3 is 0 Å². The lowest BCUT2D eigenvalue weighted by Gasteiger charge is -2.16. The maximum Gasteiger partial charge on any atom is 0.159 e. The molecule has 4 rings (SSSR count). The third kappa shape index (κ3) is 2.72. The van der Waals surface area contributed by atoms with E-state index in [9.17, 15) is 0 Å². The van der Waals surface area contributed by atoms with Crippen molar-refractivity contribution in [3.8, 4) is 0 Å². The summed E-state index contributed by atoms with van der Waals surface area (Å²) in [6.07, 6.45) is 6.74. The van der Waals surface area contributed by atoms with Gasteiger partial charge in [0.25, 0.3) is 0 Å². The first kappa shape index (κ1) is 14.3. The number of fused-ring (bicyclic) bond motifs is 1. The molecule has 23 heavy (non-hydrogen) atoms. The number of hydrogen-bond acceptors (Lipinski definition) is 4. The summed E-state index contributed by atoms with van der Waals surface area (Å²) in [6.45, 7) is 6.26. The van der Waals surface area contributed by atoms with E-state index >= 15 is 0 Å². The van der Waals surface area contributed by atoms with Gasteiger partial charge in [-0.2, -0.15) is 0 Å². The average Bonchev–Trinajstić information content (AvgIpc) is 3.19. The van der Waals surface area contributed by atoms with Gasteiger partial charge in [-0.3, -0.25) is 9.88 Å². The van der Waals surface area contributed by atoms with Crippen LogP contribution in [0.1, 0.15) is 30.7 Å². The molecule has 1 fully saturated rings. The molecule has 4 heterocycles. The molecule has 0 spiro atoms. The van der Waals surface area contributed by atoms with Gasteiger partial charge < -0.3 is 4.57 Å². The number of hydrogen-bond donors (Lipinski definition) is 0. The van der Waals surface area contributed by atoms with E-state index in [0.29, 0.717) is 5.92 Å². The van der Waals surface area contributed by atoms with Gasteiger partial charge in [0, 0.05) is 44.1 Å². The van der Waals surface area contributed by atoms with Crippen LogP contribution in [0.4, 0.5) is 0 Å². The summed E-state index contributed by atoms with van der Waals surface area (Å²) in [7, 11) is 0. The largest absolute Gasteiger partial charge is 0.313 e. The molecule has 1 aliphatic rings. The van der Waals surface area contributed by atoms with E-state index in [-0.39, 0.29) is 0 Å². The molecule has 0 aromatic carbocycles. The summed E-state index contributed by atoms with van der Waals surface area (Å²) < 4.78 is 2.27. The van der Waals surface area contributed by atoms with Gasteiger partial charge in [0.1, 0.15) is 11.3 Å². The van der Waals surface area contributed by atoms with Crippen LogP contribution in [0.5, 0.6) is 0 Å². The average molecular weight is 307 g/mol. The molecule has 5 nitrogen and oxygen atoms in total. The van der Waals surface area contributed by atoms with Crippen LogP contribution in [-0.4, -0.2) is 37.5 Å². The molecule has 1 aliphatic heterocycles. The minimum Gasteiger partial charge on any atom is -0.313 e. The lowest BCUT2D eigenvalue weighted by atomic mass is 10.1. The first-order valence-electron chi connectivity index (χ1n) is 8.27. The summed E-state index contributed by atoms with van der Waals surface area (Å²) in [6, 6.07) is 8.21. The summed E-state index contributed by atoms with van der Waals surface area (Å²) >= 11 is 0. The Morgan fingerprint density at radius 1 is 1.17 bits per heavy atom. The van der Waals surface area contributed by atoms with E-state index in [2.05, 4.69) is 44.6 Å². The molecule has 1 saturated heterocycles. The number of nitrogens with zero attached hydrogens (tertiary/aromatic N) is 5. The molecule has 0 N–H and O–H groups in total. The Bertz CT molecular complexity index is 796. The molecule has 118 valence electrons. The topological polar surface area (TPSA) is 46.8 Å². The maximum absolute atomic E-state index is 4.87. The molecule has 0 aliphatic carbocycles. The summed E-state index contributed by atoms with van der Waals surface area (Å²) in [5.74, 6) is 1.68. The van der Waals surface area contributed by atoms with Crippen LogP contribution >= 0.6 is 0 Å². The molecule has 5 heteroatoms. The fourth-order valence-corrected chi connectivity index (χ4v) is 3.53. The molecule has 0 radical (unpaired) electrons. The van der Waals surface area contributed by atoms with Gasteiger partial charge in [-0.15, -0.1) is 0 Å². The van der Waals surface area contributed by atoms with Crippen molar-refractivity contribution in [2.24, 2.45) is 0 Å². The standard InChI is InChI=1S/C18H21N5/c1-2-23-17(21-16-4-3-8-20-18(16)23)15-7-11-22(13-15)12-14-5-9-19-10-6-14/h3-6,8-10,15H,2,7,11-13H2,1H3/t15-/m1/s1. The SMILES string of the molecule is CCn1c([C@@H]2CCN(Cc3ccncc3)C2)nc2cccnc21. The zero-order valence-electron chi connectivity index (χ0n) is 13.4. The van der Waals surface area contributed by atoms with Crippen molar-refractivity contribution in [1.29, 1.82) is 0 Å². The molecular weight excluding hydrogens is 286 g/mol. The number of likely N-dealkylation sites (tertiary alicyclic amines) is 1. The third-order valence-electron chi connectivity index (χ3n) is 4.64. The molecular formula is C18H21N5. The Balaban J connectivity index is 1.56. The van der Waals surface area contributed by atoms with Crippen molar-refractivity contribution in [2.45, 2.75) is 32.4 Å². The number of aromatic nitrogens is 4. The van der Waals surface area contributed by atoms with Crippen molar-refractivity contribution in [1.82, 2.24) is 24.4 Å². The zero-order chi connectivity index (χ0) is 15.6. The highest BCUT2D eigenvalue weighted by atomic mass is 15.2. The van der Waals surface area contributed by atoms with Crippen LogP contribution in [0.2, 0.25) is 0 Å². The highest BCUT2D eigenvalue weighted by Crippen LogP contribution is 2.29. The van der Waals surface area contributed by atoms with Crippen LogP contribution < -0.4 is 0 Å². The highest BCUT2D eigenvalue weighted by Gasteiger charge is 2.28. The van der Waals surface area contributed by atoms with E-state index in [1.807, 2.05) is 24.7 Å². The second-order valence-electron chi connectivity index (χ2n) is 6.14. The Hall–Kier alpha value is -2.27. The van der Waals surface area contributed by atoms with Crippen LogP contribution in [0, 0.1) is 0 Å². The van der Waals surface area contributed by atoms with E-state index in [1.165, 1.54) is 11.4 Å². The second kappa shape index (κ2) is 6.08. The lowest BCUT2D eigenvalue weighted by Crippen LogP contribution is -2.20. The molecule has 0 bridgehead atoms. The number of pyridine rings is 2. The molecule has 0 unspecified atom stereocenters. The third-order valence-corrected chi connectivity index (χ3v) is 4.64.